The minimum Gasteiger partial charge on any atom is -0.381 e. The number of nitrogens with one attached hydrogen (secondary N) is 2. The van der Waals surface area contributed by atoms with Crippen molar-refractivity contribution >= 4 is 11.8 Å². The zero-order valence-corrected chi connectivity index (χ0v) is 16.5. The number of rotatable bonds is 10. The van der Waals surface area contributed by atoms with Crippen LogP contribution in [0.4, 0.5) is 5.82 Å². The summed E-state index contributed by atoms with van der Waals surface area (Å²) in [6, 6.07) is 4.09. The second-order valence-corrected chi connectivity index (χ2v) is 7.08. The number of hydrogen-bond donors (Lipinski definition) is 2. The van der Waals surface area contributed by atoms with Gasteiger partial charge in [-0.15, -0.1) is 0 Å². The summed E-state index contributed by atoms with van der Waals surface area (Å²) in [7, 11) is 0. The van der Waals surface area contributed by atoms with Gasteiger partial charge in [0.05, 0.1) is 19.8 Å². The molecule has 0 atom stereocenters. The molecule has 1 aromatic heterocycles. The summed E-state index contributed by atoms with van der Waals surface area (Å²) < 4.78 is 11.1. The van der Waals surface area contributed by atoms with Gasteiger partial charge >= 0.3 is 0 Å². The Kier molecular flexibility index (Phi) is 8.17. The molecule has 0 radical (unpaired) electrons. The van der Waals surface area contributed by atoms with Crippen LogP contribution in [0.2, 0.25) is 0 Å². The SMILES string of the molecule is CCNC(=NCc1cccnc1N1CCOCC1)NCCCOCC1CC1. The molecule has 7 heteroatoms. The number of pyridine rings is 1. The van der Waals surface area contributed by atoms with E-state index in [2.05, 4.69) is 33.5 Å². The van der Waals surface area contributed by atoms with Crippen LogP contribution in [0, 0.1) is 5.92 Å². The smallest absolute Gasteiger partial charge is 0.191 e. The standard InChI is InChI=1S/C20H33N5O2/c1-2-21-20(23-9-4-12-27-16-17-6-7-17)24-15-18-5-3-8-22-19(18)25-10-13-26-14-11-25/h3,5,8,17H,2,4,6-7,9-16H2,1H3,(H2,21,23,24). The van der Waals surface area contributed by atoms with Gasteiger partial charge in [-0.3, -0.25) is 0 Å². The molecule has 1 saturated carbocycles. The first-order chi connectivity index (χ1) is 13.4. The highest BCUT2D eigenvalue weighted by Crippen LogP contribution is 2.28. The molecule has 0 aromatic carbocycles. The summed E-state index contributed by atoms with van der Waals surface area (Å²) in [4.78, 5) is 11.6. The van der Waals surface area contributed by atoms with Gasteiger partial charge in [0.25, 0.3) is 0 Å². The Hall–Kier alpha value is -1.86. The monoisotopic (exact) mass is 375 g/mol. The van der Waals surface area contributed by atoms with E-state index < -0.39 is 0 Å². The molecule has 1 aliphatic carbocycles. The Balaban J connectivity index is 1.48. The van der Waals surface area contributed by atoms with E-state index >= 15 is 0 Å². The molecule has 2 fully saturated rings. The molecule has 0 bridgehead atoms. The van der Waals surface area contributed by atoms with E-state index in [0.717, 1.165) is 82.3 Å². The van der Waals surface area contributed by atoms with Gasteiger partial charge in [-0.1, -0.05) is 6.07 Å². The largest absolute Gasteiger partial charge is 0.381 e. The van der Waals surface area contributed by atoms with Crippen LogP contribution in [0.25, 0.3) is 0 Å². The van der Waals surface area contributed by atoms with Gasteiger partial charge in [0, 0.05) is 51.2 Å². The van der Waals surface area contributed by atoms with E-state index in [9.17, 15) is 0 Å². The minimum absolute atomic E-state index is 0.605. The number of guanidine groups is 1. The molecule has 2 N–H and O–H groups in total. The number of aromatic nitrogens is 1. The Morgan fingerprint density at radius 2 is 2.19 bits per heavy atom. The van der Waals surface area contributed by atoms with Crippen molar-refractivity contribution in [2.75, 3.05) is 57.5 Å². The zero-order chi connectivity index (χ0) is 18.7. The van der Waals surface area contributed by atoms with Crippen LogP contribution in [0.3, 0.4) is 0 Å². The third-order valence-electron chi connectivity index (χ3n) is 4.74. The van der Waals surface area contributed by atoms with E-state index in [4.69, 9.17) is 14.5 Å². The van der Waals surface area contributed by atoms with Gasteiger partial charge in [0.1, 0.15) is 5.82 Å². The van der Waals surface area contributed by atoms with Crippen LogP contribution in [0.1, 0.15) is 31.7 Å². The summed E-state index contributed by atoms with van der Waals surface area (Å²) in [5.41, 5.74) is 1.14. The molecular weight excluding hydrogens is 342 g/mol. The lowest BCUT2D eigenvalue weighted by Crippen LogP contribution is -2.38. The lowest BCUT2D eigenvalue weighted by molar-refractivity contribution is 0.122. The molecule has 27 heavy (non-hydrogen) atoms. The highest BCUT2D eigenvalue weighted by molar-refractivity contribution is 5.79. The van der Waals surface area contributed by atoms with Crippen molar-refractivity contribution in [3.63, 3.8) is 0 Å². The average Bonchev–Trinajstić information content (AvgIpc) is 3.54. The molecule has 2 heterocycles. The number of nitrogens with zero attached hydrogens (tertiary/aromatic N) is 3. The molecular formula is C20H33N5O2. The van der Waals surface area contributed by atoms with Crippen LogP contribution in [0.5, 0.6) is 0 Å². The van der Waals surface area contributed by atoms with Gasteiger partial charge in [-0.2, -0.15) is 0 Å². The quantitative estimate of drug-likeness (QED) is 0.369. The Bertz CT molecular complexity index is 585. The van der Waals surface area contributed by atoms with Crippen LogP contribution in [-0.4, -0.2) is 63.6 Å². The van der Waals surface area contributed by atoms with Gasteiger partial charge in [-0.05, 0) is 38.2 Å². The van der Waals surface area contributed by atoms with E-state index in [-0.39, 0.29) is 0 Å². The van der Waals surface area contributed by atoms with Crippen LogP contribution in [-0.2, 0) is 16.0 Å². The predicted octanol–water partition coefficient (Wildman–Crippen LogP) is 1.79. The number of hydrogen-bond acceptors (Lipinski definition) is 5. The van der Waals surface area contributed by atoms with E-state index in [1.165, 1.54) is 12.8 Å². The summed E-state index contributed by atoms with van der Waals surface area (Å²) in [5, 5.41) is 6.71. The van der Waals surface area contributed by atoms with Gasteiger partial charge in [0.15, 0.2) is 5.96 Å². The molecule has 0 unspecified atom stereocenters. The Labute approximate surface area is 162 Å². The fourth-order valence-corrected chi connectivity index (χ4v) is 3.04. The molecule has 1 saturated heterocycles. The number of ether oxygens (including phenoxy) is 2. The van der Waals surface area contributed by atoms with Gasteiger partial charge < -0.3 is 25.0 Å². The normalized spacial score (nSPS) is 17.8. The molecule has 3 rings (SSSR count). The Morgan fingerprint density at radius 1 is 1.33 bits per heavy atom. The van der Waals surface area contributed by atoms with Crippen molar-refractivity contribution in [1.82, 2.24) is 15.6 Å². The van der Waals surface area contributed by atoms with Crippen molar-refractivity contribution in [3.8, 4) is 0 Å². The van der Waals surface area contributed by atoms with E-state index in [1.807, 2.05) is 12.3 Å². The van der Waals surface area contributed by atoms with Gasteiger partial charge in [-0.25, -0.2) is 9.98 Å². The van der Waals surface area contributed by atoms with Crippen LogP contribution < -0.4 is 15.5 Å². The zero-order valence-electron chi connectivity index (χ0n) is 16.5. The van der Waals surface area contributed by atoms with Crippen molar-refractivity contribution in [2.45, 2.75) is 32.7 Å². The van der Waals surface area contributed by atoms with Crippen molar-refractivity contribution in [2.24, 2.45) is 10.9 Å². The molecule has 1 aromatic rings. The van der Waals surface area contributed by atoms with E-state index in [0.29, 0.717) is 6.54 Å². The number of anilines is 1. The second kappa shape index (κ2) is 11.1. The molecule has 7 nitrogen and oxygen atoms in total. The fraction of sp³-hybridized carbons (Fsp3) is 0.700. The Morgan fingerprint density at radius 3 is 2.96 bits per heavy atom. The molecule has 0 amide bonds. The first-order valence-electron chi connectivity index (χ1n) is 10.2. The van der Waals surface area contributed by atoms with Crippen molar-refractivity contribution < 1.29 is 9.47 Å². The fourth-order valence-electron chi connectivity index (χ4n) is 3.04. The predicted molar refractivity (Wildman–Crippen MR) is 108 cm³/mol. The minimum atomic E-state index is 0.605. The maximum absolute atomic E-state index is 5.69. The van der Waals surface area contributed by atoms with E-state index in [1.54, 1.807) is 0 Å². The topological polar surface area (TPSA) is 71.0 Å². The number of morpholine rings is 1. The summed E-state index contributed by atoms with van der Waals surface area (Å²) >= 11 is 0. The highest BCUT2D eigenvalue weighted by Gasteiger charge is 2.20. The van der Waals surface area contributed by atoms with Crippen molar-refractivity contribution in [3.05, 3.63) is 23.9 Å². The molecule has 2 aliphatic rings. The maximum Gasteiger partial charge on any atom is 0.191 e. The summed E-state index contributed by atoms with van der Waals surface area (Å²) in [6.07, 6.45) is 5.53. The molecule has 0 spiro atoms. The lowest BCUT2D eigenvalue weighted by Gasteiger charge is -2.29. The first kappa shape index (κ1) is 19.9. The third kappa shape index (κ3) is 6.99. The third-order valence-corrected chi connectivity index (χ3v) is 4.74. The molecule has 150 valence electrons. The summed E-state index contributed by atoms with van der Waals surface area (Å²) in [5.74, 6) is 2.70. The van der Waals surface area contributed by atoms with Crippen LogP contribution in [0.15, 0.2) is 23.3 Å². The average molecular weight is 376 g/mol. The molecule has 1 aliphatic heterocycles. The second-order valence-electron chi connectivity index (χ2n) is 7.08. The first-order valence-corrected chi connectivity index (χ1v) is 10.2. The van der Waals surface area contributed by atoms with Crippen molar-refractivity contribution in [1.29, 1.82) is 0 Å². The van der Waals surface area contributed by atoms with Crippen LogP contribution >= 0.6 is 0 Å². The maximum atomic E-state index is 5.69. The number of aliphatic imine (C=N–C) groups is 1. The lowest BCUT2D eigenvalue weighted by atomic mass is 10.2. The summed E-state index contributed by atoms with van der Waals surface area (Å²) in [6.45, 7) is 9.41. The highest BCUT2D eigenvalue weighted by atomic mass is 16.5. The van der Waals surface area contributed by atoms with Gasteiger partial charge in [0.2, 0.25) is 0 Å².